The van der Waals surface area contributed by atoms with Gasteiger partial charge in [-0.2, -0.15) is 11.8 Å². The zero-order chi connectivity index (χ0) is 16.2. The van der Waals surface area contributed by atoms with Crippen LogP contribution in [-0.4, -0.2) is 71.8 Å². The van der Waals surface area contributed by atoms with Crippen LogP contribution in [0.3, 0.4) is 0 Å². The molecule has 0 aliphatic rings. The van der Waals surface area contributed by atoms with Crippen molar-refractivity contribution in [1.82, 2.24) is 0 Å². The van der Waals surface area contributed by atoms with Crippen molar-refractivity contribution in [2.24, 2.45) is 0 Å². The topological polar surface area (TPSA) is 55.4 Å². The van der Waals surface area contributed by atoms with E-state index in [0.717, 1.165) is 36.4 Å². The molecular formula is C12H30O6SSi2. The fourth-order valence-corrected chi connectivity index (χ4v) is 6.85. The van der Waals surface area contributed by atoms with Crippen molar-refractivity contribution in [3.63, 3.8) is 0 Å². The van der Waals surface area contributed by atoms with E-state index in [2.05, 4.69) is 0 Å². The van der Waals surface area contributed by atoms with Crippen molar-refractivity contribution >= 4 is 29.4 Å². The van der Waals surface area contributed by atoms with Crippen molar-refractivity contribution < 1.29 is 26.6 Å². The Morgan fingerprint density at radius 3 is 1.10 bits per heavy atom. The fraction of sp³-hybridized carbons (Fsp3) is 1.00. The molecule has 0 fully saturated rings. The van der Waals surface area contributed by atoms with Gasteiger partial charge < -0.3 is 26.6 Å². The molecule has 0 saturated heterocycles. The highest BCUT2D eigenvalue weighted by Gasteiger charge is 2.37. The molecule has 0 radical (unpaired) electrons. The van der Waals surface area contributed by atoms with Crippen molar-refractivity contribution in [2.45, 2.75) is 24.9 Å². The summed E-state index contributed by atoms with van der Waals surface area (Å²) in [5, 5.41) is 0. The largest absolute Gasteiger partial charge is 0.500 e. The molecule has 9 heteroatoms. The van der Waals surface area contributed by atoms with Gasteiger partial charge in [-0.3, -0.25) is 0 Å². The lowest BCUT2D eigenvalue weighted by Gasteiger charge is -2.24. The van der Waals surface area contributed by atoms with E-state index in [-0.39, 0.29) is 0 Å². The Morgan fingerprint density at radius 1 is 0.571 bits per heavy atom. The average molecular weight is 359 g/mol. The van der Waals surface area contributed by atoms with Crippen LogP contribution in [0.1, 0.15) is 12.8 Å². The quantitative estimate of drug-likeness (QED) is 0.349. The summed E-state index contributed by atoms with van der Waals surface area (Å²) in [5.74, 6) is 2.12. The minimum Gasteiger partial charge on any atom is -0.377 e. The third-order valence-electron chi connectivity index (χ3n) is 3.41. The first-order chi connectivity index (χ1) is 10.1. The summed E-state index contributed by atoms with van der Waals surface area (Å²) in [4.78, 5) is 0. The normalized spacial score (nSPS) is 12.9. The van der Waals surface area contributed by atoms with E-state index in [0.29, 0.717) is 0 Å². The van der Waals surface area contributed by atoms with Crippen LogP contribution < -0.4 is 0 Å². The van der Waals surface area contributed by atoms with Crippen LogP contribution in [0.15, 0.2) is 0 Å². The fourth-order valence-electron chi connectivity index (χ4n) is 2.00. The van der Waals surface area contributed by atoms with E-state index in [1.54, 1.807) is 42.7 Å². The lowest BCUT2D eigenvalue weighted by atomic mass is 10.6. The summed E-state index contributed by atoms with van der Waals surface area (Å²) in [7, 11) is 5.10. The third-order valence-corrected chi connectivity index (χ3v) is 10.2. The van der Waals surface area contributed by atoms with Gasteiger partial charge in [-0.1, -0.05) is 0 Å². The maximum absolute atomic E-state index is 5.39. The molecule has 0 N–H and O–H groups in total. The second kappa shape index (κ2) is 12.0. The minimum atomic E-state index is -2.40. The molecule has 21 heavy (non-hydrogen) atoms. The lowest BCUT2D eigenvalue weighted by molar-refractivity contribution is 0.123. The first-order valence-electron chi connectivity index (χ1n) is 6.96. The molecule has 6 nitrogen and oxygen atoms in total. The molecule has 0 aliphatic carbocycles. The van der Waals surface area contributed by atoms with E-state index in [1.165, 1.54) is 0 Å². The highest BCUT2D eigenvalue weighted by molar-refractivity contribution is 7.99. The highest BCUT2D eigenvalue weighted by Crippen LogP contribution is 2.20. The van der Waals surface area contributed by atoms with Gasteiger partial charge in [0.2, 0.25) is 0 Å². The summed E-state index contributed by atoms with van der Waals surface area (Å²) in [6, 6.07) is 1.69. The van der Waals surface area contributed by atoms with Crippen LogP contribution in [0.25, 0.3) is 0 Å². The van der Waals surface area contributed by atoms with E-state index in [9.17, 15) is 0 Å². The predicted molar refractivity (Wildman–Crippen MR) is 89.7 cm³/mol. The first kappa shape index (κ1) is 21.5. The molecule has 0 aromatic rings. The Kier molecular flexibility index (Phi) is 12.3. The first-order valence-corrected chi connectivity index (χ1v) is 12.0. The zero-order valence-corrected chi connectivity index (χ0v) is 16.9. The van der Waals surface area contributed by atoms with Gasteiger partial charge in [0.05, 0.1) is 0 Å². The second-order valence-corrected chi connectivity index (χ2v) is 11.8. The summed E-state index contributed by atoms with van der Waals surface area (Å²) in [5.41, 5.74) is 0. The maximum atomic E-state index is 5.39. The molecule has 0 spiro atoms. The van der Waals surface area contributed by atoms with E-state index >= 15 is 0 Å². The molecular weight excluding hydrogens is 328 g/mol. The Labute approximate surface area is 135 Å². The van der Waals surface area contributed by atoms with Gasteiger partial charge in [0.1, 0.15) is 0 Å². The van der Waals surface area contributed by atoms with Gasteiger partial charge in [-0.25, -0.2) is 0 Å². The standard InChI is InChI=1S/C12H30O6SSi2/c1-13-20(14-2,15-3)11-7-9-19-10-8-12-21(16-4,17-5)18-6/h7-12H2,1-6H3. The highest BCUT2D eigenvalue weighted by atomic mass is 32.2. The Balaban J connectivity index is 3.78. The molecule has 0 aliphatic heterocycles. The zero-order valence-electron chi connectivity index (χ0n) is 14.1. The molecule has 0 rings (SSSR count). The Hall–Kier alpha value is 0.544. The second-order valence-electron chi connectivity index (χ2n) is 4.41. The minimum absolute atomic E-state index is 0.844. The van der Waals surface area contributed by atoms with Crippen LogP contribution in [0.2, 0.25) is 12.1 Å². The molecule has 0 heterocycles. The van der Waals surface area contributed by atoms with Crippen LogP contribution in [0, 0.1) is 0 Å². The van der Waals surface area contributed by atoms with Gasteiger partial charge in [-0.15, -0.1) is 0 Å². The monoisotopic (exact) mass is 358 g/mol. The van der Waals surface area contributed by atoms with Crippen molar-refractivity contribution in [1.29, 1.82) is 0 Å². The van der Waals surface area contributed by atoms with Crippen molar-refractivity contribution in [3.8, 4) is 0 Å². The van der Waals surface area contributed by atoms with Gasteiger partial charge >= 0.3 is 17.6 Å². The van der Waals surface area contributed by atoms with E-state index in [4.69, 9.17) is 26.6 Å². The van der Waals surface area contributed by atoms with Crippen molar-refractivity contribution in [2.75, 3.05) is 54.2 Å². The lowest BCUT2D eigenvalue weighted by Crippen LogP contribution is -2.42. The van der Waals surface area contributed by atoms with Crippen molar-refractivity contribution in [3.05, 3.63) is 0 Å². The Morgan fingerprint density at radius 2 is 0.857 bits per heavy atom. The van der Waals surface area contributed by atoms with Crippen LogP contribution in [0.4, 0.5) is 0 Å². The van der Waals surface area contributed by atoms with Gasteiger partial charge in [-0.05, 0) is 24.3 Å². The summed E-state index contributed by atoms with van der Waals surface area (Å²) < 4.78 is 32.4. The molecule has 128 valence electrons. The molecule has 0 saturated carbocycles. The van der Waals surface area contributed by atoms with E-state index in [1.807, 2.05) is 11.8 Å². The smallest absolute Gasteiger partial charge is 0.377 e. The van der Waals surface area contributed by atoms with E-state index < -0.39 is 17.6 Å². The molecule has 0 aromatic carbocycles. The molecule has 0 unspecified atom stereocenters. The molecule has 0 atom stereocenters. The SMILES string of the molecule is CO[Si](CCCSCCC[Si](OC)(OC)OC)(OC)OC. The van der Waals surface area contributed by atoms with Crippen LogP contribution >= 0.6 is 11.8 Å². The summed E-state index contributed by atoms with van der Waals surface area (Å²) in [6.07, 6.45) is 2.04. The predicted octanol–water partition coefficient (Wildman–Crippen LogP) is 2.26. The molecule has 0 aromatic heterocycles. The van der Waals surface area contributed by atoms with Gasteiger partial charge in [0, 0.05) is 54.7 Å². The number of hydrogen-bond donors (Lipinski definition) is 0. The van der Waals surface area contributed by atoms with Gasteiger partial charge in [0.25, 0.3) is 0 Å². The van der Waals surface area contributed by atoms with Gasteiger partial charge in [0.15, 0.2) is 0 Å². The number of rotatable bonds is 14. The number of thioether (sulfide) groups is 1. The third kappa shape index (κ3) is 7.57. The Bertz CT molecular complexity index is 211. The summed E-state index contributed by atoms with van der Waals surface area (Å²) >= 11 is 1.91. The average Bonchev–Trinajstić information content (AvgIpc) is 2.55. The molecule has 0 bridgehead atoms. The molecule has 0 amide bonds. The number of hydrogen-bond acceptors (Lipinski definition) is 7. The van der Waals surface area contributed by atoms with Crippen LogP contribution in [-0.2, 0) is 26.6 Å². The summed E-state index contributed by atoms with van der Waals surface area (Å²) in [6.45, 7) is 0. The maximum Gasteiger partial charge on any atom is 0.500 e. The van der Waals surface area contributed by atoms with Crippen LogP contribution in [0.5, 0.6) is 0 Å².